The molecule has 2 aromatic heterocycles. The van der Waals surface area contributed by atoms with Crippen LogP contribution in [0.1, 0.15) is 34.0 Å². The first-order valence-electron chi connectivity index (χ1n) is 10.3. The van der Waals surface area contributed by atoms with Gasteiger partial charge in [0.25, 0.3) is 5.91 Å². The highest BCUT2D eigenvalue weighted by atomic mass is 35.5. The molecule has 6 nitrogen and oxygen atoms in total. The molecule has 2 atom stereocenters. The smallest absolute Gasteiger partial charge is 0.255 e. The summed E-state index contributed by atoms with van der Waals surface area (Å²) >= 11 is 18.3. The van der Waals surface area contributed by atoms with Crippen molar-refractivity contribution in [3.8, 4) is 11.9 Å². The fourth-order valence-corrected chi connectivity index (χ4v) is 4.40. The molecule has 9 heteroatoms. The number of nitriles is 1. The molecule has 33 heavy (non-hydrogen) atoms. The maximum atomic E-state index is 13.1. The fraction of sp³-hybridized carbons (Fsp3) is 0.250. The van der Waals surface area contributed by atoms with Gasteiger partial charge in [0.15, 0.2) is 0 Å². The van der Waals surface area contributed by atoms with Crippen LogP contribution in [0.5, 0.6) is 5.88 Å². The van der Waals surface area contributed by atoms with E-state index >= 15 is 0 Å². The first-order chi connectivity index (χ1) is 15.9. The van der Waals surface area contributed by atoms with E-state index in [9.17, 15) is 4.79 Å². The molecule has 3 heterocycles. The summed E-state index contributed by atoms with van der Waals surface area (Å²) in [5.41, 5.74) is 1.74. The quantitative estimate of drug-likeness (QED) is 0.437. The van der Waals surface area contributed by atoms with E-state index in [1.807, 2.05) is 18.2 Å². The summed E-state index contributed by atoms with van der Waals surface area (Å²) in [5.74, 6) is 0.585. The Labute approximate surface area is 206 Å². The fourth-order valence-electron chi connectivity index (χ4n) is 3.98. The number of hydrogen-bond donors (Lipinski definition) is 0. The van der Waals surface area contributed by atoms with Crippen molar-refractivity contribution < 1.29 is 9.53 Å². The Hall–Kier alpha value is -2.85. The molecule has 1 amide bonds. The Kier molecular flexibility index (Phi) is 7.34. The zero-order chi connectivity index (χ0) is 23.4. The van der Waals surface area contributed by atoms with Crippen LogP contribution in [-0.2, 0) is 0 Å². The van der Waals surface area contributed by atoms with Gasteiger partial charge in [0.1, 0.15) is 11.8 Å². The molecule has 1 aromatic carbocycles. The summed E-state index contributed by atoms with van der Waals surface area (Å²) in [6, 6.07) is 14.2. The van der Waals surface area contributed by atoms with Gasteiger partial charge < -0.3 is 9.64 Å². The van der Waals surface area contributed by atoms with E-state index in [1.54, 1.807) is 35.2 Å². The second-order valence-electron chi connectivity index (χ2n) is 7.75. The van der Waals surface area contributed by atoms with Crippen LogP contribution in [0.25, 0.3) is 0 Å². The third kappa shape index (κ3) is 5.56. The molecule has 0 spiro atoms. The van der Waals surface area contributed by atoms with Crippen molar-refractivity contribution in [1.29, 1.82) is 5.26 Å². The predicted octanol–water partition coefficient (Wildman–Crippen LogP) is 5.63. The molecule has 0 bridgehead atoms. The number of carbonyl (C=O) groups excluding carboxylic acids is 1. The topological polar surface area (TPSA) is 79.1 Å². The zero-order valence-electron chi connectivity index (χ0n) is 17.4. The summed E-state index contributed by atoms with van der Waals surface area (Å²) in [5, 5.41) is 10.5. The van der Waals surface area contributed by atoms with Crippen molar-refractivity contribution in [3.05, 3.63) is 86.7 Å². The van der Waals surface area contributed by atoms with Crippen LogP contribution in [0.3, 0.4) is 0 Å². The van der Waals surface area contributed by atoms with Crippen LogP contribution in [0.4, 0.5) is 0 Å². The SMILES string of the molecule is N#Cc1ccc(C(=O)N2C[C@@H](CCOc3ccc(Cl)cn3)[C@@H](c3ccc(Cl)c(Cl)c3)C2)cn1. The van der Waals surface area contributed by atoms with Gasteiger partial charge in [-0.15, -0.1) is 0 Å². The monoisotopic (exact) mass is 500 g/mol. The van der Waals surface area contributed by atoms with E-state index in [2.05, 4.69) is 9.97 Å². The first-order valence-corrected chi connectivity index (χ1v) is 11.4. The van der Waals surface area contributed by atoms with Gasteiger partial charge in [0, 0.05) is 37.5 Å². The summed E-state index contributed by atoms with van der Waals surface area (Å²) in [7, 11) is 0. The molecule has 1 aliphatic heterocycles. The van der Waals surface area contributed by atoms with Gasteiger partial charge in [0.05, 0.1) is 27.2 Å². The minimum atomic E-state index is -0.125. The lowest BCUT2D eigenvalue weighted by atomic mass is 9.87. The van der Waals surface area contributed by atoms with Crippen LogP contribution >= 0.6 is 34.8 Å². The first kappa shape index (κ1) is 23.3. The highest BCUT2D eigenvalue weighted by Gasteiger charge is 2.36. The van der Waals surface area contributed by atoms with Crippen LogP contribution in [0, 0.1) is 17.2 Å². The van der Waals surface area contributed by atoms with E-state index in [0.717, 1.165) is 5.56 Å². The second kappa shape index (κ2) is 10.4. The average Bonchev–Trinajstić information content (AvgIpc) is 3.26. The standard InChI is InChI=1S/C24H19Cl3N4O2/c25-18-3-6-23(30-12-18)33-8-7-17-13-31(24(32)16-1-4-19(10-28)29-11-16)14-20(17)15-2-5-21(26)22(27)9-15/h1-6,9,11-12,17,20H,7-8,13-14H2/t17-,20-/m1/s1. The van der Waals surface area contributed by atoms with Crippen molar-refractivity contribution in [2.24, 2.45) is 5.92 Å². The summed E-state index contributed by atoms with van der Waals surface area (Å²) < 4.78 is 5.79. The molecule has 0 radical (unpaired) electrons. The molecule has 0 unspecified atom stereocenters. The number of hydrogen-bond acceptors (Lipinski definition) is 5. The summed E-state index contributed by atoms with van der Waals surface area (Å²) in [4.78, 5) is 23.1. The Morgan fingerprint density at radius 1 is 1.06 bits per heavy atom. The van der Waals surface area contributed by atoms with E-state index in [4.69, 9.17) is 44.8 Å². The highest BCUT2D eigenvalue weighted by Crippen LogP contribution is 2.37. The van der Waals surface area contributed by atoms with Crippen LogP contribution < -0.4 is 4.74 Å². The van der Waals surface area contributed by atoms with Crippen molar-refractivity contribution >= 4 is 40.7 Å². The van der Waals surface area contributed by atoms with Crippen LogP contribution in [0.2, 0.25) is 15.1 Å². The lowest BCUT2D eigenvalue weighted by Crippen LogP contribution is -2.29. The summed E-state index contributed by atoms with van der Waals surface area (Å²) in [6.45, 7) is 1.53. The Morgan fingerprint density at radius 2 is 1.91 bits per heavy atom. The van der Waals surface area contributed by atoms with Gasteiger partial charge in [-0.3, -0.25) is 4.79 Å². The number of rotatable bonds is 6. The Bertz CT molecular complexity index is 1180. The van der Waals surface area contributed by atoms with Crippen molar-refractivity contribution in [2.45, 2.75) is 12.3 Å². The zero-order valence-corrected chi connectivity index (χ0v) is 19.7. The largest absolute Gasteiger partial charge is 0.478 e. The van der Waals surface area contributed by atoms with E-state index in [-0.39, 0.29) is 23.4 Å². The molecule has 3 aromatic rings. The molecule has 4 rings (SSSR count). The second-order valence-corrected chi connectivity index (χ2v) is 9.00. The third-order valence-electron chi connectivity index (χ3n) is 5.66. The molecule has 168 valence electrons. The Balaban J connectivity index is 1.50. The van der Waals surface area contributed by atoms with Crippen LogP contribution in [-0.4, -0.2) is 40.5 Å². The van der Waals surface area contributed by atoms with E-state index < -0.39 is 0 Å². The average molecular weight is 502 g/mol. The highest BCUT2D eigenvalue weighted by molar-refractivity contribution is 6.42. The van der Waals surface area contributed by atoms with Crippen molar-refractivity contribution in [2.75, 3.05) is 19.7 Å². The van der Waals surface area contributed by atoms with Gasteiger partial charge in [-0.1, -0.05) is 40.9 Å². The molecular weight excluding hydrogens is 483 g/mol. The number of nitrogens with zero attached hydrogens (tertiary/aromatic N) is 4. The number of pyridine rings is 2. The molecular formula is C24H19Cl3N4O2. The van der Waals surface area contributed by atoms with Crippen molar-refractivity contribution in [3.63, 3.8) is 0 Å². The van der Waals surface area contributed by atoms with E-state index in [1.165, 1.54) is 12.4 Å². The number of amides is 1. The molecule has 1 saturated heterocycles. The number of likely N-dealkylation sites (tertiary alicyclic amines) is 1. The number of ether oxygens (including phenoxy) is 1. The molecule has 0 saturated carbocycles. The summed E-state index contributed by atoms with van der Waals surface area (Å²) in [6.07, 6.45) is 3.69. The lowest BCUT2D eigenvalue weighted by Gasteiger charge is -2.19. The van der Waals surface area contributed by atoms with Gasteiger partial charge in [-0.2, -0.15) is 5.26 Å². The van der Waals surface area contributed by atoms with Gasteiger partial charge in [-0.05, 0) is 48.2 Å². The molecule has 0 aliphatic carbocycles. The number of aromatic nitrogens is 2. The third-order valence-corrected chi connectivity index (χ3v) is 6.63. The number of carbonyl (C=O) groups is 1. The van der Waals surface area contributed by atoms with E-state index in [0.29, 0.717) is 52.6 Å². The molecule has 0 N–H and O–H groups in total. The number of benzene rings is 1. The van der Waals surface area contributed by atoms with Crippen LogP contribution in [0.15, 0.2) is 54.9 Å². The minimum Gasteiger partial charge on any atom is -0.478 e. The maximum absolute atomic E-state index is 13.1. The maximum Gasteiger partial charge on any atom is 0.255 e. The lowest BCUT2D eigenvalue weighted by molar-refractivity contribution is 0.0784. The normalized spacial score (nSPS) is 17.6. The molecule has 1 aliphatic rings. The van der Waals surface area contributed by atoms with Gasteiger partial charge in [0.2, 0.25) is 5.88 Å². The Morgan fingerprint density at radius 3 is 2.58 bits per heavy atom. The van der Waals surface area contributed by atoms with Gasteiger partial charge in [-0.25, -0.2) is 9.97 Å². The van der Waals surface area contributed by atoms with Gasteiger partial charge >= 0.3 is 0 Å². The molecule has 1 fully saturated rings. The predicted molar refractivity (Wildman–Crippen MR) is 127 cm³/mol. The minimum absolute atomic E-state index is 0.0665. The van der Waals surface area contributed by atoms with Crippen molar-refractivity contribution in [1.82, 2.24) is 14.9 Å². The number of halogens is 3.